The van der Waals surface area contributed by atoms with E-state index in [0.717, 1.165) is 101 Å². The molecule has 0 aliphatic rings. The van der Waals surface area contributed by atoms with Gasteiger partial charge in [0.1, 0.15) is 0 Å². The van der Waals surface area contributed by atoms with E-state index in [1.165, 1.54) is 98.8 Å². The van der Waals surface area contributed by atoms with Gasteiger partial charge in [-0.1, -0.05) is 285 Å². The van der Waals surface area contributed by atoms with Crippen LogP contribution in [0.4, 0.5) is 0 Å². The van der Waals surface area contributed by atoms with Crippen LogP contribution in [0.15, 0.2) is 419 Å². The topological polar surface area (TPSA) is 58.4 Å². The standard InChI is InChI=1S/C53H35N3.C52H34N4/c1-4-15-36(16-5-1)39-21-14-22-42(31-39)55-50-25-12-10-23-44(50)46-32-40(27-29-52(46)55)41-28-30-53-47(33-41)45-24-11-13-26-51(45)56(53)43-34-48(37-17-6-2-7-18-37)54-49(35-43)38-19-8-3-9-20-38;1-4-13-35(14-5-1)36-22-26-41(27-23-36)55-48-20-11-10-19-43(48)44-31-39(24-28-49(44)55)40-25-29-50-45(32-40)52-51(21-12-30-53-52)56(50)42-33-46(37-15-6-2-7-16-37)54-47(34-42)38-17-8-3-9-18-38/h1-35H;1-34H. The van der Waals surface area contributed by atoms with Crippen LogP contribution >= 0.6 is 0 Å². The fourth-order valence-electron chi connectivity index (χ4n) is 16.8. The first-order valence-corrected chi connectivity index (χ1v) is 38.1. The van der Waals surface area contributed by atoms with E-state index in [1.54, 1.807) is 0 Å². The lowest BCUT2D eigenvalue weighted by molar-refractivity contribution is 1.15. The fraction of sp³-hybridized carbons (Fsp3) is 0. The Balaban J connectivity index is 0.000000141. The Morgan fingerprint density at radius 3 is 0.839 bits per heavy atom. The molecule has 524 valence electrons. The largest absolute Gasteiger partial charge is 0.309 e. The van der Waals surface area contributed by atoms with Crippen LogP contribution in [0.25, 0.3) is 200 Å². The summed E-state index contributed by atoms with van der Waals surface area (Å²) in [5.41, 5.74) is 32.3. The van der Waals surface area contributed by atoms with Crippen LogP contribution in [0.3, 0.4) is 0 Å². The Morgan fingerprint density at radius 1 is 0.152 bits per heavy atom. The molecule has 112 heavy (non-hydrogen) atoms. The van der Waals surface area contributed by atoms with E-state index in [4.69, 9.17) is 15.0 Å². The van der Waals surface area contributed by atoms with Crippen molar-refractivity contribution in [3.8, 4) is 112 Å². The van der Waals surface area contributed by atoms with Crippen molar-refractivity contribution in [1.82, 2.24) is 33.2 Å². The van der Waals surface area contributed by atoms with Crippen LogP contribution in [0, 0.1) is 0 Å². The second kappa shape index (κ2) is 27.6. The second-order valence-electron chi connectivity index (χ2n) is 28.7. The number of para-hydroxylation sites is 3. The van der Waals surface area contributed by atoms with Crippen molar-refractivity contribution in [2.24, 2.45) is 0 Å². The summed E-state index contributed by atoms with van der Waals surface area (Å²) in [4.78, 5) is 15.3. The van der Waals surface area contributed by atoms with Crippen molar-refractivity contribution in [1.29, 1.82) is 0 Å². The highest BCUT2D eigenvalue weighted by atomic mass is 15.0. The van der Waals surface area contributed by atoms with Crippen molar-refractivity contribution in [3.63, 3.8) is 0 Å². The lowest BCUT2D eigenvalue weighted by Gasteiger charge is -2.13. The van der Waals surface area contributed by atoms with Crippen LogP contribution in [-0.2, 0) is 0 Å². The maximum atomic E-state index is 5.17. The third-order valence-electron chi connectivity index (χ3n) is 22.1. The predicted molar refractivity (Wildman–Crippen MR) is 467 cm³/mol. The minimum atomic E-state index is 0.928. The van der Waals surface area contributed by atoms with E-state index < -0.39 is 0 Å². The lowest BCUT2D eigenvalue weighted by Crippen LogP contribution is -1.98. The first-order valence-electron chi connectivity index (χ1n) is 38.1. The number of aromatic nitrogens is 7. The van der Waals surface area contributed by atoms with Crippen LogP contribution in [0.2, 0.25) is 0 Å². The molecule has 0 N–H and O–H groups in total. The molecule has 0 fully saturated rings. The molecule has 22 aromatic rings. The van der Waals surface area contributed by atoms with Crippen LogP contribution in [0.1, 0.15) is 0 Å². The van der Waals surface area contributed by atoms with Crippen molar-refractivity contribution in [3.05, 3.63) is 419 Å². The molecule has 0 atom stereocenters. The van der Waals surface area contributed by atoms with Crippen molar-refractivity contribution < 1.29 is 0 Å². The first kappa shape index (κ1) is 65.3. The SMILES string of the molecule is c1ccc(-c2ccc(-n3c4ccccc4c4cc(-c5ccc6c(c5)c5ncccc5n6-c5cc(-c6ccccc6)nc(-c6ccccc6)c5)ccc43)cc2)cc1.c1ccc(-c2cccc(-n3c4ccccc4c4cc(-c5ccc6c(c5)c5ccccc5n6-c5cc(-c6ccccc6)nc(-c6ccccc6)c5)ccc43)c2)cc1. The van der Waals surface area contributed by atoms with Gasteiger partial charge in [-0.15, -0.1) is 0 Å². The second-order valence-corrected chi connectivity index (χ2v) is 28.7. The quantitative estimate of drug-likeness (QED) is 0.122. The van der Waals surface area contributed by atoms with Gasteiger partial charge in [0.25, 0.3) is 0 Å². The molecule has 0 bridgehead atoms. The monoisotopic (exact) mass is 1430 g/mol. The normalized spacial score (nSPS) is 11.6. The smallest absolute Gasteiger partial charge is 0.0963 e. The van der Waals surface area contributed by atoms with Crippen LogP contribution < -0.4 is 0 Å². The number of fused-ring (bicyclic) bond motifs is 12. The van der Waals surface area contributed by atoms with E-state index in [0.29, 0.717) is 0 Å². The summed E-state index contributed by atoms with van der Waals surface area (Å²) >= 11 is 0. The predicted octanol–water partition coefficient (Wildman–Crippen LogP) is 27.3. The van der Waals surface area contributed by atoms with Gasteiger partial charge in [0.05, 0.1) is 83.8 Å². The maximum Gasteiger partial charge on any atom is 0.0963 e. The lowest BCUT2D eigenvalue weighted by atomic mass is 10.0. The molecule has 7 heteroatoms. The number of benzene rings is 15. The summed E-state index contributed by atoms with van der Waals surface area (Å²) in [7, 11) is 0. The number of hydrogen-bond donors (Lipinski definition) is 0. The molecule has 0 radical (unpaired) electrons. The molecular weight excluding hydrogens is 1360 g/mol. The molecule has 0 aliphatic carbocycles. The van der Waals surface area contributed by atoms with E-state index >= 15 is 0 Å². The molecular formula is C105H69N7. The average Bonchev–Trinajstić information content (AvgIpc) is 1.59. The van der Waals surface area contributed by atoms with E-state index in [9.17, 15) is 0 Å². The summed E-state index contributed by atoms with van der Waals surface area (Å²) in [6.07, 6.45) is 1.89. The molecule has 15 aromatic carbocycles. The molecule has 0 saturated carbocycles. The van der Waals surface area contributed by atoms with Gasteiger partial charge in [-0.05, 0) is 172 Å². The van der Waals surface area contributed by atoms with Gasteiger partial charge in [-0.2, -0.15) is 0 Å². The number of hydrogen-bond acceptors (Lipinski definition) is 3. The molecule has 0 aliphatic heterocycles. The Bertz CT molecular complexity index is 7210. The minimum Gasteiger partial charge on any atom is -0.309 e. The Hall–Kier alpha value is -15.1. The van der Waals surface area contributed by atoms with E-state index in [2.05, 4.69) is 413 Å². The molecule has 0 unspecified atom stereocenters. The highest BCUT2D eigenvalue weighted by molar-refractivity contribution is 6.15. The Kier molecular flexibility index (Phi) is 16.1. The molecule has 7 heterocycles. The van der Waals surface area contributed by atoms with Crippen LogP contribution in [-0.4, -0.2) is 33.2 Å². The molecule has 0 amide bonds. The highest BCUT2D eigenvalue weighted by Crippen LogP contribution is 2.43. The van der Waals surface area contributed by atoms with Crippen molar-refractivity contribution >= 4 is 87.4 Å². The summed E-state index contributed by atoms with van der Waals surface area (Å²) in [6.45, 7) is 0. The maximum absolute atomic E-state index is 5.17. The highest BCUT2D eigenvalue weighted by Gasteiger charge is 2.22. The Labute approximate surface area is 647 Å². The number of rotatable bonds is 12. The van der Waals surface area contributed by atoms with Crippen LogP contribution in [0.5, 0.6) is 0 Å². The van der Waals surface area contributed by atoms with E-state index in [-0.39, 0.29) is 0 Å². The van der Waals surface area contributed by atoms with Gasteiger partial charge in [0.15, 0.2) is 0 Å². The summed E-state index contributed by atoms with van der Waals surface area (Å²) in [5.74, 6) is 0. The zero-order chi connectivity index (χ0) is 74.0. The zero-order valence-corrected chi connectivity index (χ0v) is 61.0. The zero-order valence-electron chi connectivity index (χ0n) is 61.0. The third kappa shape index (κ3) is 11.6. The molecule has 0 saturated heterocycles. The van der Waals surface area contributed by atoms with Gasteiger partial charge in [0, 0.05) is 77.5 Å². The summed E-state index contributed by atoms with van der Waals surface area (Å²) < 4.78 is 9.52. The van der Waals surface area contributed by atoms with Gasteiger partial charge in [0.2, 0.25) is 0 Å². The fourth-order valence-corrected chi connectivity index (χ4v) is 16.8. The summed E-state index contributed by atoms with van der Waals surface area (Å²) in [5, 5.41) is 8.50. The van der Waals surface area contributed by atoms with Crippen molar-refractivity contribution in [2.75, 3.05) is 0 Å². The van der Waals surface area contributed by atoms with Gasteiger partial charge in [-0.25, -0.2) is 9.97 Å². The Morgan fingerprint density at radius 2 is 0.429 bits per heavy atom. The van der Waals surface area contributed by atoms with Gasteiger partial charge >= 0.3 is 0 Å². The van der Waals surface area contributed by atoms with E-state index in [1.807, 2.05) is 24.4 Å². The third-order valence-corrected chi connectivity index (χ3v) is 22.1. The average molecular weight is 1430 g/mol. The molecule has 7 nitrogen and oxygen atoms in total. The molecule has 22 rings (SSSR count). The number of nitrogens with zero attached hydrogens (tertiary/aromatic N) is 7. The molecule has 0 spiro atoms. The molecule has 7 aromatic heterocycles. The van der Waals surface area contributed by atoms with Gasteiger partial charge in [-0.3, -0.25) is 4.98 Å². The summed E-state index contributed by atoms with van der Waals surface area (Å²) in [6, 6.07) is 148. The van der Waals surface area contributed by atoms with Crippen molar-refractivity contribution in [2.45, 2.75) is 0 Å². The minimum absolute atomic E-state index is 0.928. The first-order chi connectivity index (χ1) is 55.5. The number of pyridine rings is 3. The van der Waals surface area contributed by atoms with Gasteiger partial charge < -0.3 is 18.3 Å².